The second-order valence-electron chi connectivity index (χ2n) is 14.5. The predicted octanol–water partition coefficient (Wildman–Crippen LogP) is 5.30. The van der Waals surface area contributed by atoms with E-state index in [0.717, 1.165) is 11.1 Å². The van der Waals surface area contributed by atoms with E-state index in [2.05, 4.69) is 0 Å². The minimum atomic E-state index is -4.54. The Kier molecular flexibility index (Phi) is 11.9. The summed E-state index contributed by atoms with van der Waals surface area (Å²) in [6.07, 6.45) is 11.2. The molecule has 0 saturated carbocycles. The maximum atomic E-state index is 12.0. The number of allylic oxidation sites excluding steroid dienone is 8. The first kappa shape index (κ1) is 42.9. The number of hydrogen-bond acceptors (Lipinski definition) is 9. The van der Waals surface area contributed by atoms with Gasteiger partial charge < -0.3 is 4.90 Å². The van der Waals surface area contributed by atoms with E-state index >= 15 is 0 Å². The Balaban J connectivity index is 1.57. The summed E-state index contributed by atoms with van der Waals surface area (Å²) in [4.78, 5) is 1.03. The highest BCUT2D eigenvalue weighted by atomic mass is 32.2. The standard InChI is InChI=1S/C38H42N2O12S4/c1-37(2)31-25-29(55(47,48)49)16-18-33(31)39(20-22-53(41,42)43)35(37)14-8-12-28(24-27-10-6-5-7-11-27)13-9-15-36-38(3,4)32-26-30(56(50,51)52)17-19-34(32)40(36)21-23-54(44,45)46/h5-19,25-26H,20-24H2,1-4H3,(H3-,41,42,43,44,45,46,47,48,49,50,51,52)/p+1. The molecule has 2 heterocycles. The van der Waals surface area contributed by atoms with Crippen molar-refractivity contribution in [3.63, 3.8) is 0 Å². The van der Waals surface area contributed by atoms with E-state index in [1.54, 1.807) is 33.8 Å². The van der Waals surface area contributed by atoms with Crippen molar-refractivity contribution in [1.29, 1.82) is 0 Å². The van der Waals surface area contributed by atoms with E-state index in [1.165, 1.54) is 36.4 Å². The molecule has 3 aromatic carbocycles. The highest BCUT2D eigenvalue weighted by Crippen LogP contribution is 2.48. The zero-order valence-corrected chi connectivity index (χ0v) is 34.2. The molecule has 56 heavy (non-hydrogen) atoms. The number of anilines is 1. The smallest absolute Gasteiger partial charge is 0.294 e. The van der Waals surface area contributed by atoms with Gasteiger partial charge in [0.15, 0.2) is 12.3 Å². The van der Waals surface area contributed by atoms with Gasteiger partial charge in [-0.2, -0.15) is 38.2 Å². The van der Waals surface area contributed by atoms with Crippen molar-refractivity contribution >= 4 is 57.6 Å². The average molecular weight is 848 g/mol. The van der Waals surface area contributed by atoms with Crippen LogP contribution in [0.5, 0.6) is 0 Å². The Hall–Kier alpha value is -4.27. The van der Waals surface area contributed by atoms with Crippen LogP contribution in [0.3, 0.4) is 0 Å². The second-order valence-corrected chi connectivity index (χ2v) is 20.5. The van der Waals surface area contributed by atoms with Gasteiger partial charge in [0.2, 0.25) is 5.69 Å². The first-order chi connectivity index (χ1) is 25.8. The number of fused-ring (bicyclic) bond motifs is 2. The molecule has 0 fully saturated rings. The van der Waals surface area contributed by atoms with Crippen LogP contribution in [0.4, 0.5) is 11.4 Å². The Morgan fingerprint density at radius 3 is 1.89 bits per heavy atom. The summed E-state index contributed by atoms with van der Waals surface area (Å²) in [5.41, 5.74) is 3.26. The molecule has 0 bridgehead atoms. The molecular formula is C38H43N2O12S4+. The summed E-state index contributed by atoms with van der Waals surface area (Å²) < 4.78 is 135. The number of benzene rings is 3. The maximum Gasteiger partial charge on any atom is 0.294 e. The lowest BCUT2D eigenvalue weighted by atomic mass is 9.81. The van der Waals surface area contributed by atoms with Crippen LogP contribution in [0, 0.1) is 0 Å². The number of nitrogens with zero attached hydrogens (tertiary/aromatic N) is 2. The van der Waals surface area contributed by atoms with Gasteiger partial charge >= 0.3 is 0 Å². The molecule has 0 amide bonds. The van der Waals surface area contributed by atoms with Crippen molar-refractivity contribution in [2.75, 3.05) is 29.5 Å². The molecular weight excluding hydrogens is 805 g/mol. The van der Waals surface area contributed by atoms with Crippen LogP contribution in [0.2, 0.25) is 0 Å². The quantitative estimate of drug-likeness (QED) is 0.0921. The van der Waals surface area contributed by atoms with Crippen LogP contribution < -0.4 is 4.90 Å². The Morgan fingerprint density at radius 1 is 0.714 bits per heavy atom. The minimum absolute atomic E-state index is 0.147. The van der Waals surface area contributed by atoms with Gasteiger partial charge in [0.05, 0.1) is 21.0 Å². The fraction of sp³-hybridized carbons (Fsp3) is 0.289. The molecule has 0 saturated heterocycles. The SMILES string of the molecule is CC1(C)C(/C=C/C=C(/C=C/C=C2/N(CCS(=O)(=O)O)c3ccc(S(=O)(=O)O)cc3C2(C)C)Cc2ccccc2)=[N+](CCS(=O)(=O)O)c2ccc(S(=O)(=O)O)cc21. The zero-order valence-electron chi connectivity index (χ0n) is 30.9. The van der Waals surface area contributed by atoms with Crippen molar-refractivity contribution in [1.82, 2.24) is 0 Å². The van der Waals surface area contributed by atoms with Crippen LogP contribution in [-0.2, 0) is 57.7 Å². The van der Waals surface area contributed by atoms with Crippen molar-refractivity contribution in [2.45, 2.75) is 54.7 Å². The molecule has 0 spiro atoms. The van der Waals surface area contributed by atoms with Gasteiger partial charge in [0.1, 0.15) is 5.75 Å². The summed E-state index contributed by atoms with van der Waals surface area (Å²) in [6.45, 7) is 6.99. The largest absolute Gasteiger partial charge is 0.343 e. The highest BCUT2D eigenvalue weighted by molar-refractivity contribution is 7.86. The molecule has 0 unspecified atom stereocenters. The van der Waals surface area contributed by atoms with Crippen molar-refractivity contribution in [3.05, 3.63) is 131 Å². The topological polar surface area (TPSA) is 224 Å². The molecule has 300 valence electrons. The summed E-state index contributed by atoms with van der Waals surface area (Å²) in [5, 5.41) is 0. The summed E-state index contributed by atoms with van der Waals surface area (Å²) in [7, 11) is -17.8. The third-order valence-electron chi connectivity index (χ3n) is 9.85. The predicted molar refractivity (Wildman–Crippen MR) is 213 cm³/mol. The molecule has 0 aliphatic carbocycles. The fourth-order valence-corrected chi connectivity index (χ4v) is 8.90. The lowest BCUT2D eigenvalue weighted by Crippen LogP contribution is -2.30. The van der Waals surface area contributed by atoms with Gasteiger partial charge in [0.25, 0.3) is 40.5 Å². The van der Waals surface area contributed by atoms with Crippen molar-refractivity contribution in [2.24, 2.45) is 0 Å². The summed E-state index contributed by atoms with van der Waals surface area (Å²) in [5.74, 6) is -1.21. The van der Waals surface area contributed by atoms with Crippen LogP contribution in [0.25, 0.3) is 0 Å². The lowest BCUT2D eigenvalue weighted by molar-refractivity contribution is -0.432. The molecule has 3 aromatic rings. The molecule has 0 radical (unpaired) electrons. The Bertz CT molecular complexity index is 2660. The third-order valence-corrected chi connectivity index (χ3v) is 12.9. The second kappa shape index (κ2) is 15.6. The van der Waals surface area contributed by atoms with Crippen LogP contribution in [-0.4, -0.2) is 86.8 Å². The molecule has 18 heteroatoms. The first-order valence-electron chi connectivity index (χ1n) is 17.2. The molecule has 0 aromatic heterocycles. The van der Waals surface area contributed by atoms with E-state index < -0.39 is 62.8 Å². The number of rotatable bonds is 14. The van der Waals surface area contributed by atoms with Crippen LogP contribution in [0.1, 0.15) is 44.4 Å². The average Bonchev–Trinajstić information content (AvgIpc) is 3.42. The highest BCUT2D eigenvalue weighted by Gasteiger charge is 2.45. The first-order valence-corrected chi connectivity index (χ1v) is 23.3. The van der Waals surface area contributed by atoms with Gasteiger partial charge in [-0.25, -0.2) is 0 Å². The monoisotopic (exact) mass is 847 g/mol. The Morgan fingerprint density at radius 2 is 1.30 bits per heavy atom. The van der Waals surface area contributed by atoms with Crippen molar-refractivity contribution < 1.29 is 56.5 Å². The van der Waals surface area contributed by atoms with Crippen LogP contribution in [0.15, 0.2) is 124 Å². The fourth-order valence-electron chi connectivity index (χ4n) is 7.06. The minimum Gasteiger partial charge on any atom is -0.343 e. The molecule has 0 atom stereocenters. The van der Waals surface area contributed by atoms with Gasteiger partial charge in [0, 0.05) is 41.1 Å². The van der Waals surface area contributed by atoms with E-state index in [0.29, 0.717) is 40.3 Å². The third kappa shape index (κ3) is 9.81. The molecule has 4 N–H and O–H groups in total. The molecule has 14 nitrogen and oxygen atoms in total. The maximum absolute atomic E-state index is 12.0. The van der Waals surface area contributed by atoms with Crippen LogP contribution >= 0.6 is 0 Å². The number of hydrogen-bond donors (Lipinski definition) is 4. The van der Waals surface area contributed by atoms with E-state index in [1.807, 2.05) is 70.2 Å². The summed E-state index contributed by atoms with van der Waals surface area (Å²) >= 11 is 0. The zero-order chi connectivity index (χ0) is 41.5. The van der Waals surface area contributed by atoms with Gasteiger partial charge in [-0.15, -0.1) is 0 Å². The Labute approximate surface area is 327 Å². The van der Waals surface area contributed by atoms with Gasteiger partial charge in [-0.3, -0.25) is 18.2 Å². The lowest BCUT2D eigenvalue weighted by Gasteiger charge is -2.26. The van der Waals surface area contributed by atoms with E-state index in [4.69, 9.17) is 0 Å². The summed E-state index contributed by atoms with van der Waals surface area (Å²) in [6, 6.07) is 17.6. The van der Waals surface area contributed by atoms with Crippen molar-refractivity contribution in [3.8, 4) is 0 Å². The van der Waals surface area contributed by atoms with Gasteiger partial charge in [-0.05, 0) is 73.4 Å². The van der Waals surface area contributed by atoms with Gasteiger partial charge in [-0.1, -0.05) is 68.5 Å². The molecule has 2 aliphatic rings. The molecule has 5 rings (SSSR count). The molecule has 2 aliphatic heterocycles. The van der Waals surface area contributed by atoms with E-state index in [-0.39, 0.29) is 22.9 Å². The van der Waals surface area contributed by atoms with E-state index in [9.17, 15) is 51.9 Å². The normalized spacial score (nSPS) is 18.0.